The van der Waals surface area contributed by atoms with E-state index in [1.165, 1.54) is 17.9 Å². The summed E-state index contributed by atoms with van der Waals surface area (Å²) in [5.74, 6) is -0.975. The van der Waals surface area contributed by atoms with Crippen LogP contribution in [0.3, 0.4) is 0 Å². The van der Waals surface area contributed by atoms with E-state index in [0.29, 0.717) is 27.9 Å². The smallest absolute Gasteiger partial charge is 0.414 e. The van der Waals surface area contributed by atoms with E-state index in [0.717, 1.165) is 0 Å². The number of cyclic esters (lactones) is 1. The average molecular weight is 498 g/mol. The number of benzene rings is 2. The number of hydrogen-bond donors (Lipinski definition) is 1. The first kappa shape index (κ1) is 24.3. The number of carbonyl (C=O) groups excluding carboxylic acids is 2. The van der Waals surface area contributed by atoms with Crippen molar-refractivity contribution < 1.29 is 27.1 Å². The van der Waals surface area contributed by atoms with Crippen molar-refractivity contribution in [2.75, 3.05) is 18.0 Å². The molecule has 1 aromatic heterocycles. The van der Waals surface area contributed by atoms with Crippen LogP contribution in [-0.4, -0.2) is 44.6 Å². The Hall–Kier alpha value is -3.79. The lowest BCUT2D eigenvalue weighted by Crippen LogP contribution is -2.33. The summed E-state index contributed by atoms with van der Waals surface area (Å²) in [7, 11) is -3.38. The molecule has 1 aliphatic rings. The Labute approximate surface area is 202 Å². The van der Waals surface area contributed by atoms with Crippen LogP contribution < -0.4 is 10.2 Å². The van der Waals surface area contributed by atoms with Crippen LogP contribution in [0.15, 0.2) is 67.0 Å². The summed E-state index contributed by atoms with van der Waals surface area (Å²) < 4.78 is 45.2. The second kappa shape index (κ2) is 10.2. The van der Waals surface area contributed by atoms with E-state index in [4.69, 9.17) is 4.74 Å². The minimum absolute atomic E-state index is 0.0853. The van der Waals surface area contributed by atoms with Crippen LogP contribution >= 0.6 is 0 Å². The van der Waals surface area contributed by atoms with E-state index in [2.05, 4.69) is 10.3 Å². The van der Waals surface area contributed by atoms with Crippen molar-refractivity contribution in [3.05, 3.63) is 83.9 Å². The van der Waals surface area contributed by atoms with Gasteiger partial charge >= 0.3 is 6.09 Å². The summed E-state index contributed by atoms with van der Waals surface area (Å²) >= 11 is 0. The standard InChI is InChI=1S/C25H24FN3O5S/c1-17(30)28-13-22-14-29(25(31)34-22)21-6-7-23(24(26)12-21)20-4-2-18(3-5-20)15-35(32,33)16-19-8-10-27-11-9-19/h2-12,22H,13-16H2,1H3,(H,28,30). The maximum Gasteiger partial charge on any atom is 0.414 e. The zero-order chi connectivity index (χ0) is 25.0. The Morgan fingerprint density at radius 3 is 2.37 bits per heavy atom. The van der Waals surface area contributed by atoms with Gasteiger partial charge in [0.1, 0.15) is 11.9 Å². The van der Waals surface area contributed by atoms with E-state index < -0.39 is 27.9 Å². The molecule has 2 amide bonds. The summed E-state index contributed by atoms with van der Waals surface area (Å²) in [6, 6.07) is 14.4. The molecular formula is C25H24FN3O5S. The third-order valence-corrected chi connectivity index (χ3v) is 7.05. The zero-order valence-electron chi connectivity index (χ0n) is 19.0. The molecule has 35 heavy (non-hydrogen) atoms. The van der Waals surface area contributed by atoms with Crippen LogP contribution in [0.1, 0.15) is 18.1 Å². The van der Waals surface area contributed by atoms with Crippen LogP contribution in [0.5, 0.6) is 0 Å². The van der Waals surface area contributed by atoms with Gasteiger partial charge in [0.15, 0.2) is 9.84 Å². The fourth-order valence-corrected chi connectivity index (χ4v) is 5.32. The molecule has 1 atom stereocenters. The molecule has 10 heteroatoms. The number of halogens is 1. The molecule has 4 rings (SSSR count). The monoisotopic (exact) mass is 497 g/mol. The van der Waals surface area contributed by atoms with Crippen LogP contribution in [0.25, 0.3) is 11.1 Å². The van der Waals surface area contributed by atoms with E-state index in [9.17, 15) is 22.4 Å². The van der Waals surface area contributed by atoms with Gasteiger partial charge in [-0.05, 0) is 47.0 Å². The van der Waals surface area contributed by atoms with Gasteiger partial charge in [0, 0.05) is 24.9 Å². The van der Waals surface area contributed by atoms with Crippen LogP contribution in [0.4, 0.5) is 14.9 Å². The molecule has 1 fully saturated rings. The highest BCUT2D eigenvalue weighted by Gasteiger charge is 2.32. The molecule has 3 aromatic rings. The van der Waals surface area contributed by atoms with Gasteiger partial charge in [0.2, 0.25) is 5.91 Å². The molecule has 1 N–H and O–H groups in total. The highest BCUT2D eigenvalue weighted by Crippen LogP contribution is 2.29. The molecule has 2 aromatic carbocycles. The molecule has 0 spiro atoms. The number of carbonyl (C=O) groups is 2. The number of nitrogens with one attached hydrogen (secondary N) is 1. The van der Waals surface area contributed by atoms with Crippen molar-refractivity contribution in [2.24, 2.45) is 0 Å². The molecule has 1 unspecified atom stereocenters. The maximum absolute atomic E-state index is 14.9. The molecule has 0 aliphatic carbocycles. The fraction of sp³-hybridized carbons (Fsp3) is 0.240. The second-order valence-corrected chi connectivity index (χ2v) is 10.4. The second-order valence-electron chi connectivity index (χ2n) is 8.30. The molecule has 1 aliphatic heterocycles. The number of pyridine rings is 1. The predicted molar refractivity (Wildman–Crippen MR) is 129 cm³/mol. The number of sulfone groups is 1. The molecular weight excluding hydrogens is 473 g/mol. The zero-order valence-corrected chi connectivity index (χ0v) is 19.8. The summed E-state index contributed by atoms with van der Waals surface area (Å²) in [6.45, 7) is 1.75. The predicted octanol–water partition coefficient (Wildman–Crippen LogP) is 3.46. The Balaban J connectivity index is 1.43. The van der Waals surface area contributed by atoms with Crippen molar-refractivity contribution in [1.82, 2.24) is 10.3 Å². The van der Waals surface area contributed by atoms with E-state index in [1.54, 1.807) is 60.9 Å². The lowest BCUT2D eigenvalue weighted by Gasteiger charge is -2.15. The molecule has 8 nitrogen and oxygen atoms in total. The highest BCUT2D eigenvalue weighted by atomic mass is 32.2. The minimum Gasteiger partial charge on any atom is -0.442 e. The molecule has 0 radical (unpaired) electrons. The minimum atomic E-state index is -3.38. The van der Waals surface area contributed by atoms with Gasteiger partial charge in [-0.1, -0.05) is 24.3 Å². The maximum atomic E-state index is 14.9. The van der Waals surface area contributed by atoms with Gasteiger partial charge in [-0.25, -0.2) is 17.6 Å². The summed E-state index contributed by atoms with van der Waals surface area (Å²) in [6.07, 6.45) is 1.98. The summed E-state index contributed by atoms with van der Waals surface area (Å²) in [5, 5.41) is 2.60. The Morgan fingerprint density at radius 2 is 1.74 bits per heavy atom. The number of anilines is 1. The SMILES string of the molecule is CC(=O)NCC1CN(c2ccc(-c3ccc(CS(=O)(=O)Cc4ccncc4)cc3)c(F)c2)C(=O)O1. The van der Waals surface area contributed by atoms with Crippen LogP contribution in [-0.2, 0) is 30.9 Å². The Bertz CT molecular complexity index is 1330. The van der Waals surface area contributed by atoms with Crippen LogP contribution in [0, 0.1) is 5.82 Å². The molecule has 1 saturated heterocycles. The van der Waals surface area contributed by atoms with Gasteiger partial charge in [-0.15, -0.1) is 0 Å². The molecule has 182 valence electrons. The van der Waals surface area contributed by atoms with E-state index in [1.807, 2.05) is 0 Å². The Morgan fingerprint density at radius 1 is 1.09 bits per heavy atom. The number of nitrogens with zero attached hydrogens (tertiary/aromatic N) is 2. The van der Waals surface area contributed by atoms with Gasteiger partial charge in [0.05, 0.1) is 30.3 Å². The largest absolute Gasteiger partial charge is 0.442 e. The van der Waals surface area contributed by atoms with Crippen molar-refractivity contribution in [2.45, 2.75) is 24.5 Å². The van der Waals surface area contributed by atoms with E-state index >= 15 is 0 Å². The van der Waals surface area contributed by atoms with Crippen molar-refractivity contribution >= 4 is 27.5 Å². The van der Waals surface area contributed by atoms with Gasteiger partial charge in [0.25, 0.3) is 0 Å². The first-order valence-electron chi connectivity index (χ1n) is 10.9. The summed E-state index contributed by atoms with van der Waals surface area (Å²) in [5.41, 5.74) is 2.52. The highest BCUT2D eigenvalue weighted by molar-refractivity contribution is 7.89. The lowest BCUT2D eigenvalue weighted by atomic mass is 10.0. The molecule has 2 heterocycles. The fourth-order valence-electron chi connectivity index (χ4n) is 3.82. The van der Waals surface area contributed by atoms with Gasteiger partial charge < -0.3 is 10.1 Å². The topological polar surface area (TPSA) is 106 Å². The van der Waals surface area contributed by atoms with E-state index in [-0.39, 0.29) is 30.5 Å². The number of ether oxygens (including phenoxy) is 1. The molecule has 0 saturated carbocycles. The third kappa shape index (κ3) is 6.21. The third-order valence-electron chi connectivity index (χ3n) is 5.50. The summed E-state index contributed by atoms with van der Waals surface area (Å²) in [4.78, 5) is 28.5. The quantitative estimate of drug-likeness (QED) is 0.511. The number of rotatable bonds is 8. The normalized spacial score (nSPS) is 15.7. The lowest BCUT2D eigenvalue weighted by molar-refractivity contribution is -0.119. The van der Waals surface area contributed by atoms with Crippen molar-refractivity contribution in [1.29, 1.82) is 0 Å². The average Bonchev–Trinajstić information content (AvgIpc) is 3.19. The van der Waals surface area contributed by atoms with Gasteiger partial charge in [-0.3, -0.25) is 14.7 Å². The van der Waals surface area contributed by atoms with Gasteiger partial charge in [-0.2, -0.15) is 0 Å². The number of amides is 2. The molecule has 0 bridgehead atoms. The first-order valence-corrected chi connectivity index (χ1v) is 12.7. The Kier molecular flexibility index (Phi) is 7.11. The van der Waals surface area contributed by atoms with Crippen molar-refractivity contribution in [3.63, 3.8) is 0 Å². The van der Waals surface area contributed by atoms with Crippen LogP contribution in [0.2, 0.25) is 0 Å². The first-order chi connectivity index (χ1) is 16.7. The van der Waals surface area contributed by atoms with Crippen molar-refractivity contribution in [3.8, 4) is 11.1 Å². The number of aromatic nitrogens is 1. The number of hydrogen-bond acceptors (Lipinski definition) is 6.